The van der Waals surface area contributed by atoms with Gasteiger partial charge in [0.25, 0.3) is 5.91 Å². The van der Waals surface area contributed by atoms with Crippen LogP contribution in [-0.2, 0) is 16.1 Å². The zero-order valence-electron chi connectivity index (χ0n) is 16.6. The molecule has 156 valence electrons. The van der Waals surface area contributed by atoms with Gasteiger partial charge in [0.2, 0.25) is 11.8 Å². The Hall–Kier alpha value is -3.06. The van der Waals surface area contributed by atoms with E-state index < -0.39 is 0 Å². The molecule has 1 unspecified atom stereocenters. The van der Waals surface area contributed by atoms with Crippen molar-refractivity contribution in [1.82, 2.24) is 9.80 Å². The van der Waals surface area contributed by atoms with E-state index in [-0.39, 0.29) is 30.3 Å². The van der Waals surface area contributed by atoms with Crippen molar-refractivity contribution in [2.75, 3.05) is 25.5 Å². The number of halogens is 1. The van der Waals surface area contributed by atoms with Crippen LogP contribution in [-0.4, -0.2) is 53.8 Å². The maximum atomic E-state index is 12.7. The summed E-state index contributed by atoms with van der Waals surface area (Å²) < 4.78 is 5.25. The average Bonchev–Trinajstić information content (AvgIpc) is 3.23. The summed E-state index contributed by atoms with van der Waals surface area (Å²) in [5, 5.41) is 3.28. The summed E-state index contributed by atoms with van der Waals surface area (Å²) in [5.41, 5.74) is 1.81. The molecule has 0 bridgehead atoms. The Kier molecular flexibility index (Phi) is 5.63. The van der Waals surface area contributed by atoms with Crippen molar-refractivity contribution >= 4 is 35.0 Å². The van der Waals surface area contributed by atoms with E-state index in [0.29, 0.717) is 35.1 Å². The topological polar surface area (TPSA) is 79.0 Å². The Labute approximate surface area is 179 Å². The molecule has 2 aliphatic heterocycles. The average molecular weight is 428 g/mol. The first-order valence-electron chi connectivity index (χ1n) is 9.78. The van der Waals surface area contributed by atoms with E-state index in [1.54, 1.807) is 52.3 Å². The van der Waals surface area contributed by atoms with Gasteiger partial charge in [0.05, 0.1) is 12.8 Å². The minimum Gasteiger partial charge on any atom is -0.495 e. The molecule has 3 amide bonds. The lowest BCUT2D eigenvalue weighted by Gasteiger charge is -2.36. The first kappa shape index (κ1) is 20.2. The number of carbonyl (C=O) groups is 3. The van der Waals surface area contributed by atoms with E-state index in [1.807, 2.05) is 0 Å². The van der Waals surface area contributed by atoms with Gasteiger partial charge < -0.3 is 19.9 Å². The van der Waals surface area contributed by atoms with Crippen molar-refractivity contribution in [2.45, 2.75) is 25.4 Å². The molecule has 2 fully saturated rings. The highest BCUT2D eigenvalue weighted by atomic mass is 35.5. The van der Waals surface area contributed by atoms with Gasteiger partial charge in [-0.05, 0) is 48.7 Å². The third kappa shape index (κ3) is 3.98. The lowest BCUT2D eigenvalue weighted by molar-refractivity contribution is -0.154. The number of rotatable bonds is 5. The second-order valence-electron chi connectivity index (χ2n) is 7.44. The number of carbonyl (C=O) groups excluding carboxylic acids is 3. The van der Waals surface area contributed by atoms with E-state index in [1.165, 1.54) is 7.11 Å². The Morgan fingerprint density at radius 1 is 1.20 bits per heavy atom. The Balaban J connectivity index is 1.43. The highest BCUT2D eigenvalue weighted by molar-refractivity contribution is 6.31. The first-order chi connectivity index (χ1) is 14.5. The first-order valence-corrected chi connectivity index (χ1v) is 10.2. The van der Waals surface area contributed by atoms with Crippen LogP contribution in [0.4, 0.5) is 5.69 Å². The highest BCUT2D eigenvalue weighted by Gasteiger charge is 2.41. The molecule has 4 rings (SSSR count). The Morgan fingerprint density at radius 2 is 1.97 bits per heavy atom. The molecular formula is C22H22ClN3O4. The number of anilines is 1. The zero-order chi connectivity index (χ0) is 21.3. The molecule has 0 aromatic heterocycles. The fourth-order valence-corrected chi connectivity index (χ4v) is 4.12. The van der Waals surface area contributed by atoms with Crippen LogP contribution >= 0.6 is 11.6 Å². The van der Waals surface area contributed by atoms with Crippen molar-refractivity contribution < 1.29 is 19.1 Å². The van der Waals surface area contributed by atoms with E-state index in [2.05, 4.69) is 5.32 Å². The quantitative estimate of drug-likeness (QED) is 0.795. The number of amides is 3. The molecule has 2 aromatic carbocycles. The van der Waals surface area contributed by atoms with Crippen LogP contribution < -0.4 is 10.1 Å². The molecule has 7 nitrogen and oxygen atoms in total. The van der Waals surface area contributed by atoms with Crippen LogP contribution in [0.15, 0.2) is 42.5 Å². The third-order valence-electron chi connectivity index (χ3n) is 5.50. The summed E-state index contributed by atoms with van der Waals surface area (Å²) in [7, 11) is 1.52. The molecule has 2 heterocycles. The SMILES string of the molecule is COc1ccc(Cl)cc1NC(=O)c1ccc(CN2CC(=O)N3CCCC3C2=O)cc1. The van der Waals surface area contributed by atoms with E-state index in [4.69, 9.17) is 16.3 Å². The van der Waals surface area contributed by atoms with Gasteiger partial charge in [0.15, 0.2) is 0 Å². The van der Waals surface area contributed by atoms with Crippen LogP contribution in [0.1, 0.15) is 28.8 Å². The Morgan fingerprint density at radius 3 is 2.70 bits per heavy atom. The number of hydrogen-bond donors (Lipinski definition) is 1. The lowest BCUT2D eigenvalue weighted by atomic mass is 10.1. The summed E-state index contributed by atoms with van der Waals surface area (Å²) >= 11 is 6.01. The number of fused-ring (bicyclic) bond motifs is 1. The minimum atomic E-state index is -0.316. The number of nitrogens with zero attached hydrogens (tertiary/aromatic N) is 2. The largest absolute Gasteiger partial charge is 0.495 e. The second kappa shape index (κ2) is 8.36. The molecule has 1 N–H and O–H groups in total. The zero-order valence-corrected chi connectivity index (χ0v) is 17.3. The summed E-state index contributed by atoms with van der Waals surface area (Å²) in [5.74, 6) is 0.220. The van der Waals surface area contributed by atoms with Gasteiger partial charge in [-0.3, -0.25) is 14.4 Å². The van der Waals surface area contributed by atoms with Gasteiger partial charge in [-0.15, -0.1) is 0 Å². The fraction of sp³-hybridized carbons (Fsp3) is 0.318. The van der Waals surface area contributed by atoms with Crippen molar-refractivity contribution in [1.29, 1.82) is 0 Å². The molecule has 1 atom stereocenters. The maximum Gasteiger partial charge on any atom is 0.255 e. The number of methoxy groups -OCH3 is 1. The third-order valence-corrected chi connectivity index (χ3v) is 5.73. The van der Waals surface area contributed by atoms with Gasteiger partial charge >= 0.3 is 0 Å². The smallest absolute Gasteiger partial charge is 0.255 e. The molecule has 0 spiro atoms. The standard InChI is InChI=1S/C22H22ClN3O4/c1-30-19-9-8-16(23)11-17(19)24-21(28)15-6-4-14(5-7-15)12-25-13-20(27)26-10-2-3-18(26)22(25)29/h4-9,11,18H,2-3,10,12-13H2,1H3,(H,24,28). The van der Waals surface area contributed by atoms with Gasteiger partial charge in [0, 0.05) is 23.7 Å². The molecule has 2 aromatic rings. The van der Waals surface area contributed by atoms with Crippen LogP contribution in [0.5, 0.6) is 5.75 Å². The maximum absolute atomic E-state index is 12.7. The fourth-order valence-electron chi connectivity index (χ4n) is 3.95. The van der Waals surface area contributed by atoms with E-state index in [9.17, 15) is 14.4 Å². The molecule has 2 saturated heterocycles. The molecular weight excluding hydrogens is 406 g/mol. The van der Waals surface area contributed by atoms with Gasteiger partial charge in [-0.2, -0.15) is 0 Å². The van der Waals surface area contributed by atoms with Crippen LogP contribution in [0, 0.1) is 0 Å². The Bertz CT molecular complexity index is 992. The summed E-state index contributed by atoms with van der Waals surface area (Å²) in [6.07, 6.45) is 1.60. The van der Waals surface area contributed by atoms with Crippen molar-refractivity contribution in [3.05, 3.63) is 58.6 Å². The van der Waals surface area contributed by atoms with Gasteiger partial charge in [-0.25, -0.2) is 0 Å². The molecule has 2 aliphatic rings. The van der Waals surface area contributed by atoms with Gasteiger partial charge in [0.1, 0.15) is 18.3 Å². The number of piperazine rings is 1. The molecule has 0 aliphatic carbocycles. The number of benzene rings is 2. The summed E-state index contributed by atoms with van der Waals surface area (Å²) in [6, 6.07) is 11.7. The number of nitrogens with one attached hydrogen (secondary N) is 1. The van der Waals surface area contributed by atoms with Crippen molar-refractivity contribution in [3.8, 4) is 5.75 Å². The normalized spacial score (nSPS) is 18.4. The van der Waals surface area contributed by atoms with Crippen molar-refractivity contribution in [3.63, 3.8) is 0 Å². The van der Waals surface area contributed by atoms with Crippen molar-refractivity contribution in [2.24, 2.45) is 0 Å². The predicted molar refractivity (Wildman–Crippen MR) is 113 cm³/mol. The molecule has 8 heteroatoms. The monoisotopic (exact) mass is 427 g/mol. The summed E-state index contributed by atoms with van der Waals surface area (Å²) in [4.78, 5) is 40.8. The molecule has 30 heavy (non-hydrogen) atoms. The number of ether oxygens (including phenoxy) is 1. The van der Waals surface area contributed by atoms with Crippen LogP contribution in [0.25, 0.3) is 0 Å². The predicted octanol–water partition coefficient (Wildman–Crippen LogP) is 2.93. The minimum absolute atomic E-state index is 0.00182. The van der Waals surface area contributed by atoms with E-state index in [0.717, 1.165) is 18.4 Å². The molecule has 0 radical (unpaired) electrons. The number of hydrogen-bond acceptors (Lipinski definition) is 4. The van der Waals surface area contributed by atoms with Gasteiger partial charge in [-0.1, -0.05) is 23.7 Å². The lowest BCUT2D eigenvalue weighted by Crippen LogP contribution is -2.56. The second-order valence-corrected chi connectivity index (χ2v) is 7.87. The highest BCUT2D eigenvalue weighted by Crippen LogP contribution is 2.28. The molecule has 0 saturated carbocycles. The summed E-state index contributed by atoms with van der Waals surface area (Å²) in [6.45, 7) is 1.12. The van der Waals surface area contributed by atoms with E-state index >= 15 is 0 Å². The van der Waals surface area contributed by atoms with Crippen LogP contribution in [0.3, 0.4) is 0 Å². The van der Waals surface area contributed by atoms with Crippen LogP contribution in [0.2, 0.25) is 5.02 Å².